The van der Waals surface area contributed by atoms with Gasteiger partial charge in [0.05, 0.1) is 18.8 Å². The summed E-state index contributed by atoms with van der Waals surface area (Å²) in [6.07, 6.45) is 2.79. The molecule has 0 unspecified atom stereocenters. The standard InChI is InChI=1S/C19H30N4O2/c1-4-17-14-22(7-8-23(17)15(2)3)19(24)16-5-6-18(20-13-16)21-9-11-25-12-10-21/h5-6,13,15,17H,4,7-12,14H2,1-3H3/t17-/m0/s1. The molecule has 0 saturated carbocycles. The van der Waals surface area contributed by atoms with E-state index in [1.54, 1.807) is 6.20 Å². The van der Waals surface area contributed by atoms with Crippen LogP contribution in [0.3, 0.4) is 0 Å². The van der Waals surface area contributed by atoms with Crippen LogP contribution >= 0.6 is 0 Å². The minimum Gasteiger partial charge on any atom is -0.378 e. The minimum atomic E-state index is 0.0999. The molecular weight excluding hydrogens is 316 g/mol. The number of nitrogens with zero attached hydrogens (tertiary/aromatic N) is 4. The normalized spacial score (nSPS) is 22.5. The van der Waals surface area contributed by atoms with E-state index in [1.807, 2.05) is 17.0 Å². The Hall–Kier alpha value is -1.66. The summed E-state index contributed by atoms with van der Waals surface area (Å²) in [4.78, 5) is 24.1. The van der Waals surface area contributed by atoms with Gasteiger partial charge in [0, 0.05) is 51.0 Å². The molecule has 1 aromatic rings. The molecule has 0 N–H and O–H groups in total. The fourth-order valence-electron chi connectivity index (χ4n) is 3.77. The summed E-state index contributed by atoms with van der Waals surface area (Å²) in [6.45, 7) is 12.4. The van der Waals surface area contributed by atoms with Crippen LogP contribution in [0.15, 0.2) is 18.3 Å². The second-order valence-electron chi connectivity index (χ2n) is 7.15. The van der Waals surface area contributed by atoms with Gasteiger partial charge in [0.25, 0.3) is 5.91 Å². The van der Waals surface area contributed by atoms with E-state index in [1.165, 1.54) is 0 Å². The van der Waals surface area contributed by atoms with Crippen molar-refractivity contribution in [1.82, 2.24) is 14.8 Å². The average Bonchev–Trinajstić information content (AvgIpc) is 2.67. The predicted octanol–water partition coefficient (Wildman–Crippen LogP) is 1.86. The summed E-state index contributed by atoms with van der Waals surface area (Å²) in [5.74, 6) is 1.03. The third kappa shape index (κ3) is 4.12. The molecular formula is C19H30N4O2. The zero-order valence-corrected chi connectivity index (χ0v) is 15.6. The van der Waals surface area contributed by atoms with Gasteiger partial charge in [-0.2, -0.15) is 0 Å². The van der Waals surface area contributed by atoms with Crippen LogP contribution in [0.4, 0.5) is 5.82 Å². The highest BCUT2D eigenvalue weighted by molar-refractivity contribution is 5.94. The molecule has 3 rings (SSSR count). The molecule has 0 spiro atoms. The van der Waals surface area contributed by atoms with E-state index >= 15 is 0 Å². The molecule has 6 heteroatoms. The van der Waals surface area contributed by atoms with Gasteiger partial charge in [-0.25, -0.2) is 4.98 Å². The topological polar surface area (TPSA) is 48.9 Å². The van der Waals surface area contributed by atoms with Crippen LogP contribution in [-0.4, -0.2) is 78.7 Å². The number of carbonyl (C=O) groups excluding carboxylic acids is 1. The van der Waals surface area contributed by atoms with E-state index < -0.39 is 0 Å². The summed E-state index contributed by atoms with van der Waals surface area (Å²) in [5.41, 5.74) is 0.685. The molecule has 2 saturated heterocycles. The molecule has 1 amide bonds. The van der Waals surface area contributed by atoms with Gasteiger partial charge in [0.2, 0.25) is 0 Å². The maximum absolute atomic E-state index is 12.9. The summed E-state index contributed by atoms with van der Waals surface area (Å²) < 4.78 is 5.37. The molecule has 25 heavy (non-hydrogen) atoms. The molecule has 1 atom stereocenters. The maximum atomic E-state index is 12.9. The summed E-state index contributed by atoms with van der Waals surface area (Å²) in [6, 6.07) is 4.84. The first-order valence-corrected chi connectivity index (χ1v) is 9.44. The highest BCUT2D eigenvalue weighted by Gasteiger charge is 2.30. The molecule has 3 heterocycles. The largest absolute Gasteiger partial charge is 0.378 e. The Kier molecular flexibility index (Phi) is 5.91. The van der Waals surface area contributed by atoms with Gasteiger partial charge < -0.3 is 14.5 Å². The highest BCUT2D eigenvalue weighted by Crippen LogP contribution is 2.19. The molecule has 138 valence electrons. The second-order valence-corrected chi connectivity index (χ2v) is 7.15. The number of aromatic nitrogens is 1. The fraction of sp³-hybridized carbons (Fsp3) is 0.684. The number of pyridine rings is 1. The lowest BCUT2D eigenvalue weighted by atomic mass is 10.1. The number of amides is 1. The number of morpholine rings is 1. The quantitative estimate of drug-likeness (QED) is 0.833. The van der Waals surface area contributed by atoms with E-state index in [0.29, 0.717) is 17.6 Å². The van der Waals surface area contributed by atoms with Crippen molar-refractivity contribution in [3.8, 4) is 0 Å². The number of piperazine rings is 1. The van der Waals surface area contributed by atoms with Gasteiger partial charge in [-0.05, 0) is 32.4 Å². The molecule has 1 aromatic heterocycles. The number of anilines is 1. The smallest absolute Gasteiger partial charge is 0.255 e. The van der Waals surface area contributed by atoms with Crippen LogP contribution < -0.4 is 4.90 Å². The van der Waals surface area contributed by atoms with Crippen molar-refractivity contribution in [3.05, 3.63) is 23.9 Å². The van der Waals surface area contributed by atoms with Crippen LogP contribution in [-0.2, 0) is 4.74 Å². The second kappa shape index (κ2) is 8.15. The molecule has 0 aliphatic carbocycles. The van der Waals surface area contributed by atoms with Gasteiger partial charge in [-0.1, -0.05) is 6.92 Å². The van der Waals surface area contributed by atoms with Gasteiger partial charge in [0.15, 0.2) is 0 Å². The first kappa shape index (κ1) is 18.1. The lowest BCUT2D eigenvalue weighted by Gasteiger charge is -2.43. The van der Waals surface area contributed by atoms with Crippen LogP contribution in [0, 0.1) is 0 Å². The number of hydrogen-bond donors (Lipinski definition) is 0. The third-order valence-corrected chi connectivity index (χ3v) is 5.28. The molecule has 2 aliphatic heterocycles. The van der Waals surface area contributed by atoms with Crippen LogP contribution in [0.5, 0.6) is 0 Å². The van der Waals surface area contributed by atoms with Crippen molar-refractivity contribution in [2.75, 3.05) is 50.8 Å². The maximum Gasteiger partial charge on any atom is 0.255 e. The molecule has 6 nitrogen and oxygen atoms in total. The molecule has 0 radical (unpaired) electrons. The average molecular weight is 346 g/mol. The summed E-state index contributed by atoms with van der Waals surface area (Å²) in [7, 11) is 0. The van der Waals surface area contributed by atoms with E-state index in [2.05, 4.69) is 35.6 Å². The van der Waals surface area contributed by atoms with Crippen molar-refractivity contribution in [1.29, 1.82) is 0 Å². The zero-order chi connectivity index (χ0) is 17.8. The fourth-order valence-corrected chi connectivity index (χ4v) is 3.77. The number of ether oxygens (including phenoxy) is 1. The summed E-state index contributed by atoms with van der Waals surface area (Å²) >= 11 is 0. The van der Waals surface area contributed by atoms with E-state index in [-0.39, 0.29) is 5.91 Å². The Morgan fingerprint density at radius 1 is 1.24 bits per heavy atom. The Bertz CT molecular complexity index is 569. The number of carbonyl (C=O) groups is 1. The predicted molar refractivity (Wildman–Crippen MR) is 99.1 cm³/mol. The van der Waals surface area contributed by atoms with Gasteiger partial charge in [-0.15, -0.1) is 0 Å². The van der Waals surface area contributed by atoms with Crippen molar-refractivity contribution < 1.29 is 9.53 Å². The SMILES string of the molecule is CC[C@H]1CN(C(=O)c2ccc(N3CCOCC3)nc2)CCN1C(C)C. The molecule has 0 aromatic carbocycles. The highest BCUT2D eigenvalue weighted by atomic mass is 16.5. The van der Waals surface area contributed by atoms with Crippen molar-refractivity contribution >= 4 is 11.7 Å². The first-order chi connectivity index (χ1) is 12.1. The van der Waals surface area contributed by atoms with Crippen molar-refractivity contribution in [2.45, 2.75) is 39.3 Å². The van der Waals surface area contributed by atoms with Crippen molar-refractivity contribution in [3.63, 3.8) is 0 Å². The third-order valence-electron chi connectivity index (χ3n) is 5.28. The monoisotopic (exact) mass is 346 g/mol. The van der Waals surface area contributed by atoms with Crippen molar-refractivity contribution in [2.24, 2.45) is 0 Å². The van der Waals surface area contributed by atoms with E-state index in [9.17, 15) is 4.79 Å². The van der Waals surface area contributed by atoms with Crippen LogP contribution in [0.25, 0.3) is 0 Å². The molecule has 0 bridgehead atoms. The lowest BCUT2D eigenvalue weighted by Crippen LogP contribution is -2.56. The molecule has 2 fully saturated rings. The summed E-state index contributed by atoms with van der Waals surface area (Å²) in [5, 5.41) is 0. The van der Waals surface area contributed by atoms with E-state index in [4.69, 9.17) is 4.74 Å². The first-order valence-electron chi connectivity index (χ1n) is 9.44. The van der Waals surface area contributed by atoms with Gasteiger partial charge in [-0.3, -0.25) is 9.69 Å². The zero-order valence-electron chi connectivity index (χ0n) is 15.6. The number of rotatable bonds is 4. The number of hydrogen-bond acceptors (Lipinski definition) is 5. The lowest BCUT2D eigenvalue weighted by molar-refractivity contribution is 0.0371. The van der Waals surface area contributed by atoms with Gasteiger partial charge in [0.1, 0.15) is 5.82 Å². The van der Waals surface area contributed by atoms with E-state index in [0.717, 1.165) is 58.2 Å². The Morgan fingerprint density at radius 2 is 2.00 bits per heavy atom. The molecule has 2 aliphatic rings. The Labute approximate surface area is 150 Å². The van der Waals surface area contributed by atoms with Crippen LogP contribution in [0.2, 0.25) is 0 Å². The minimum absolute atomic E-state index is 0.0999. The van der Waals surface area contributed by atoms with Crippen LogP contribution in [0.1, 0.15) is 37.6 Å². The Morgan fingerprint density at radius 3 is 2.60 bits per heavy atom. The Balaban J connectivity index is 1.64. The van der Waals surface area contributed by atoms with Gasteiger partial charge >= 0.3 is 0 Å².